The van der Waals surface area contributed by atoms with Crippen molar-refractivity contribution in [1.29, 1.82) is 5.26 Å². The van der Waals surface area contributed by atoms with E-state index in [1.54, 1.807) is 36.4 Å². The molecule has 0 aliphatic heterocycles. The quantitative estimate of drug-likeness (QED) is 0.868. The van der Waals surface area contributed by atoms with Crippen LogP contribution >= 0.6 is 0 Å². The number of allylic oxidation sites excluding steroid dienone is 1. The summed E-state index contributed by atoms with van der Waals surface area (Å²) in [5.41, 5.74) is 7.70. The van der Waals surface area contributed by atoms with E-state index in [2.05, 4.69) is 0 Å². The van der Waals surface area contributed by atoms with Crippen LogP contribution in [0.25, 0.3) is 5.57 Å². The number of amides is 1. The lowest BCUT2D eigenvalue weighted by molar-refractivity contribution is 0.100. The molecule has 2 aromatic carbocycles. The van der Waals surface area contributed by atoms with E-state index in [1.165, 1.54) is 18.2 Å². The van der Waals surface area contributed by atoms with E-state index in [9.17, 15) is 9.18 Å². The minimum Gasteiger partial charge on any atom is -0.366 e. The Morgan fingerprint density at radius 1 is 1.00 bits per heavy atom. The molecule has 0 saturated carbocycles. The van der Waals surface area contributed by atoms with E-state index >= 15 is 0 Å². The number of primary amides is 1. The van der Waals surface area contributed by atoms with Crippen LogP contribution < -0.4 is 5.73 Å². The van der Waals surface area contributed by atoms with Gasteiger partial charge in [-0.3, -0.25) is 4.79 Å². The topological polar surface area (TPSA) is 66.9 Å². The summed E-state index contributed by atoms with van der Waals surface area (Å²) in [6.07, 6.45) is 1.38. The number of carbonyl (C=O) groups is 1. The third kappa shape index (κ3) is 2.90. The molecule has 0 spiro atoms. The first-order chi connectivity index (χ1) is 9.61. The van der Waals surface area contributed by atoms with Crippen molar-refractivity contribution in [2.75, 3.05) is 0 Å². The van der Waals surface area contributed by atoms with Gasteiger partial charge in [0.15, 0.2) is 0 Å². The number of rotatable bonds is 3. The number of carbonyl (C=O) groups excluding carboxylic acids is 1. The molecule has 0 aromatic heterocycles. The van der Waals surface area contributed by atoms with Crippen molar-refractivity contribution < 1.29 is 9.18 Å². The summed E-state index contributed by atoms with van der Waals surface area (Å²) < 4.78 is 12.9. The zero-order valence-electron chi connectivity index (χ0n) is 10.5. The van der Waals surface area contributed by atoms with Crippen LogP contribution in [0.4, 0.5) is 4.39 Å². The van der Waals surface area contributed by atoms with Crippen LogP contribution in [-0.4, -0.2) is 5.91 Å². The monoisotopic (exact) mass is 266 g/mol. The highest BCUT2D eigenvalue weighted by Gasteiger charge is 2.07. The van der Waals surface area contributed by atoms with Crippen LogP contribution in [0.1, 0.15) is 21.5 Å². The average molecular weight is 266 g/mol. The smallest absolute Gasteiger partial charge is 0.248 e. The van der Waals surface area contributed by atoms with E-state index < -0.39 is 5.91 Å². The summed E-state index contributed by atoms with van der Waals surface area (Å²) in [5, 5.41) is 8.88. The van der Waals surface area contributed by atoms with E-state index in [4.69, 9.17) is 11.0 Å². The van der Waals surface area contributed by atoms with Gasteiger partial charge in [0, 0.05) is 11.6 Å². The molecule has 0 radical (unpaired) electrons. The lowest BCUT2D eigenvalue weighted by atomic mass is 9.97. The lowest BCUT2D eigenvalue weighted by Gasteiger charge is -2.07. The molecule has 0 atom stereocenters. The average Bonchev–Trinajstić information content (AvgIpc) is 2.46. The van der Waals surface area contributed by atoms with Gasteiger partial charge in [0.05, 0.1) is 6.07 Å². The molecule has 0 unspecified atom stereocenters. The summed E-state index contributed by atoms with van der Waals surface area (Å²) >= 11 is 0. The zero-order chi connectivity index (χ0) is 14.5. The molecule has 0 heterocycles. The molecular formula is C16H11FN2O. The van der Waals surface area contributed by atoms with Gasteiger partial charge in [-0.25, -0.2) is 4.39 Å². The number of nitriles is 1. The fourth-order valence-electron chi connectivity index (χ4n) is 1.84. The lowest BCUT2D eigenvalue weighted by Crippen LogP contribution is -2.10. The Balaban J connectivity index is 2.44. The van der Waals surface area contributed by atoms with Gasteiger partial charge < -0.3 is 5.73 Å². The second-order valence-corrected chi connectivity index (χ2v) is 4.14. The van der Waals surface area contributed by atoms with Crippen LogP contribution in [0, 0.1) is 17.1 Å². The Labute approximate surface area is 115 Å². The van der Waals surface area contributed by atoms with Crippen molar-refractivity contribution in [1.82, 2.24) is 0 Å². The van der Waals surface area contributed by atoms with Crippen molar-refractivity contribution in [2.24, 2.45) is 5.73 Å². The van der Waals surface area contributed by atoms with Crippen molar-refractivity contribution >= 4 is 11.5 Å². The van der Waals surface area contributed by atoms with E-state index in [0.717, 1.165) is 11.1 Å². The first kappa shape index (κ1) is 13.5. The Hall–Kier alpha value is -2.93. The summed E-state index contributed by atoms with van der Waals surface area (Å²) in [4.78, 5) is 11.0. The largest absolute Gasteiger partial charge is 0.366 e. The highest BCUT2D eigenvalue weighted by atomic mass is 19.1. The van der Waals surface area contributed by atoms with Gasteiger partial charge >= 0.3 is 0 Å². The Morgan fingerprint density at radius 3 is 1.90 bits per heavy atom. The third-order valence-corrected chi connectivity index (χ3v) is 2.84. The number of halogens is 1. The van der Waals surface area contributed by atoms with E-state index in [0.29, 0.717) is 11.1 Å². The molecule has 3 nitrogen and oxygen atoms in total. The predicted octanol–water partition coefficient (Wildman–Crippen LogP) is 2.88. The Bertz CT molecular complexity index is 695. The van der Waals surface area contributed by atoms with Gasteiger partial charge in [-0.1, -0.05) is 24.3 Å². The molecule has 0 aliphatic carbocycles. The van der Waals surface area contributed by atoms with Crippen LogP contribution in [0.3, 0.4) is 0 Å². The fraction of sp³-hybridized carbons (Fsp3) is 0. The molecule has 0 aliphatic rings. The highest BCUT2D eigenvalue weighted by Crippen LogP contribution is 2.23. The van der Waals surface area contributed by atoms with Gasteiger partial charge in [0.1, 0.15) is 5.82 Å². The Morgan fingerprint density at radius 2 is 1.45 bits per heavy atom. The number of nitrogens with two attached hydrogens (primary N) is 1. The molecule has 98 valence electrons. The fourth-order valence-corrected chi connectivity index (χ4v) is 1.84. The van der Waals surface area contributed by atoms with Crippen LogP contribution in [0.2, 0.25) is 0 Å². The molecule has 0 fully saturated rings. The predicted molar refractivity (Wildman–Crippen MR) is 74.1 cm³/mol. The van der Waals surface area contributed by atoms with Crippen molar-refractivity contribution in [3.63, 3.8) is 0 Å². The minimum atomic E-state index is -0.510. The van der Waals surface area contributed by atoms with Gasteiger partial charge in [-0.15, -0.1) is 0 Å². The van der Waals surface area contributed by atoms with Gasteiger partial charge in [0.25, 0.3) is 0 Å². The molecule has 20 heavy (non-hydrogen) atoms. The van der Waals surface area contributed by atoms with Gasteiger partial charge in [-0.05, 0) is 41.0 Å². The molecule has 4 heteroatoms. The Kier molecular flexibility index (Phi) is 3.92. The second-order valence-electron chi connectivity index (χ2n) is 4.14. The SMILES string of the molecule is N#C/C=C(/c1ccc(F)cc1)c1ccc(C(N)=O)cc1. The van der Waals surface area contributed by atoms with Crippen LogP contribution in [0.15, 0.2) is 54.6 Å². The highest BCUT2D eigenvalue weighted by molar-refractivity contribution is 5.93. The number of hydrogen-bond acceptors (Lipinski definition) is 2. The van der Waals surface area contributed by atoms with Gasteiger partial charge in [0.2, 0.25) is 5.91 Å². The third-order valence-electron chi connectivity index (χ3n) is 2.84. The number of benzene rings is 2. The molecule has 1 amide bonds. The summed E-state index contributed by atoms with van der Waals surface area (Å²) in [6.45, 7) is 0. The molecule has 0 bridgehead atoms. The number of nitrogens with zero attached hydrogens (tertiary/aromatic N) is 1. The number of hydrogen-bond donors (Lipinski definition) is 1. The van der Waals surface area contributed by atoms with Gasteiger partial charge in [-0.2, -0.15) is 5.26 Å². The second kappa shape index (κ2) is 5.81. The molecule has 2 rings (SSSR count). The van der Waals surface area contributed by atoms with Crippen molar-refractivity contribution in [3.8, 4) is 6.07 Å². The summed E-state index contributed by atoms with van der Waals surface area (Å²) in [7, 11) is 0. The molecule has 2 N–H and O–H groups in total. The van der Waals surface area contributed by atoms with Crippen LogP contribution in [0.5, 0.6) is 0 Å². The van der Waals surface area contributed by atoms with Crippen LogP contribution in [-0.2, 0) is 0 Å². The standard InChI is InChI=1S/C16H11FN2O/c17-14-7-5-12(6-8-14)15(9-10-18)11-1-3-13(4-2-11)16(19)20/h1-9H,(H2,19,20)/b15-9+. The maximum Gasteiger partial charge on any atom is 0.248 e. The molecular weight excluding hydrogens is 255 g/mol. The van der Waals surface area contributed by atoms with E-state index in [1.807, 2.05) is 6.07 Å². The molecule has 2 aromatic rings. The zero-order valence-corrected chi connectivity index (χ0v) is 10.5. The molecule has 0 saturated heterocycles. The summed E-state index contributed by atoms with van der Waals surface area (Å²) in [5.74, 6) is -0.849. The minimum absolute atomic E-state index is 0.339. The maximum absolute atomic E-state index is 12.9. The van der Waals surface area contributed by atoms with Crippen molar-refractivity contribution in [2.45, 2.75) is 0 Å². The summed E-state index contributed by atoms with van der Waals surface area (Å²) in [6, 6.07) is 14.4. The first-order valence-electron chi connectivity index (χ1n) is 5.88. The normalized spacial score (nSPS) is 10.9. The first-order valence-corrected chi connectivity index (χ1v) is 5.88. The van der Waals surface area contributed by atoms with Crippen molar-refractivity contribution in [3.05, 3.63) is 77.1 Å². The maximum atomic E-state index is 12.9. The van der Waals surface area contributed by atoms with E-state index in [-0.39, 0.29) is 5.82 Å².